The van der Waals surface area contributed by atoms with Gasteiger partial charge in [0, 0.05) is 0 Å². The number of hydrogen-bond acceptors (Lipinski definition) is 1. The van der Waals surface area contributed by atoms with E-state index in [0.29, 0.717) is 0 Å². The van der Waals surface area contributed by atoms with Gasteiger partial charge in [-0.2, -0.15) is 0 Å². The van der Waals surface area contributed by atoms with Gasteiger partial charge in [-0.25, -0.2) is 0 Å². The molecule has 0 atom stereocenters. The fourth-order valence-corrected chi connectivity index (χ4v) is 1.20. The Bertz CT molecular complexity index is 253. The van der Waals surface area contributed by atoms with Crippen LogP contribution in [0.25, 0.3) is 0 Å². The lowest BCUT2D eigenvalue weighted by Crippen LogP contribution is -3.00. The zero-order valence-electron chi connectivity index (χ0n) is 9.02. The summed E-state index contributed by atoms with van der Waals surface area (Å²) in [7, 11) is 6.48. The van der Waals surface area contributed by atoms with Gasteiger partial charge in [-0.05, 0) is 25.5 Å². The minimum absolute atomic E-state index is 0. The van der Waals surface area contributed by atoms with Crippen LogP contribution in [0.4, 0.5) is 0 Å². The molecule has 0 amide bonds. The van der Waals surface area contributed by atoms with Crippen molar-refractivity contribution in [3.05, 3.63) is 23.2 Å². The van der Waals surface area contributed by atoms with E-state index in [-0.39, 0.29) is 24.0 Å². The summed E-state index contributed by atoms with van der Waals surface area (Å²) in [5.41, 5.74) is 1.25. The third-order valence-electron chi connectivity index (χ3n) is 1.85. The van der Waals surface area contributed by atoms with Gasteiger partial charge in [0.05, 0.1) is 21.1 Å². The number of halogens is 1. The maximum Gasteiger partial charge on any atom is 0.158 e. The van der Waals surface area contributed by atoms with E-state index >= 15 is 0 Å². The van der Waals surface area contributed by atoms with Crippen LogP contribution in [0.15, 0.2) is 10.5 Å². The Morgan fingerprint density at radius 1 is 1.23 bits per heavy atom. The molecule has 1 rings (SSSR count). The number of rotatable bonds is 2. The van der Waals surface area contributed by atoms with Crippen LogP contribution in [0.5, 0.6) is 0 Å². The Morgan fingerprint density at radius 3 is 2.08 bits per heavy atom. The molecular weight excluding hydrogens is 277 g/mol. The maximum atomic E-state index is 5.57. The summed E-state index contributed by atoms with van der Waals surface area (Å²) >= 11 is 0. The van der Waals surface area contributed by atoms with Crippen molar-refractivity contribution in [1.29, 1.82) is 0 Å². The zero-order chi connectivity index (χ0) is 9.35. The van der Waals surface area contributed by atoms with E-state index < -0.39 is 0 Å². The van der Waals surface area contributed by atoms with Gasteiger partial charge in [0.1, 0.15) is 12.3 Å². The predicted molar refractivity (Wildman–Crippen MR) is 49.9 cm³/mol. The SMILES string of the molecule is Cc1cc(C[N+](C)(C)C)oc1C.[I-]. The fraction of sp³-hybridized carbons (Fsp3) is 0.600. The molecule has 2 nitrogen and oxygen atoms in total. The third-order valence-corrected chi connectivity index (χ3v) is 1.85. The topological polar surface area (TPSA) is 13.1 Å². The quantitative estimate of drug-likeness (QED) is 0.509. The molecule has 0 unspecified atom stereocenters. The third kappa shape index (κ3) is 4.13. The molecule has 1 heterocycles. The highest BCUT2D eigenvalue weighted by atomic mass is 127. The Hall–Kier alpha value is -0.0300. The standard InChI is InChI=1S/C10H18NO.HI/c1-8-6-10(12-9(8)2)7-11(3,4)5;/h6H,7H2,1-5H3;1H/q+1;/p-1. The van der Waals surface area contributed by atoms with E-state index in [1.165, 1.54) is 5.56 Å². The predicted octanol–water partition coefficient (Wildman–Crippen LogP) is -0.893. The summed E-state index contributed by atoms with van der Waals surface area (Å²) in [5, 5.41) is 0. The lowest BCUT2D eigenvalue weighted by molar-refractivity contribution is -0.884. The molecule has 3 heteroatoms. The molecule has 1 aromatic heterocycles. The highest BCUT2D eigenvalue weighted by Crippen LogP contribution is 2.15. The second kappa shape index (κ2) is 4.46. The van der Waals surface area contributed by atoms with Crippen molar-refractivity contribution in [2.45, 2.75) is 20.4 Å². The highest BCUT2D eigenvalue weighted by Gasteiger charge is 2.12. The molecule has 0 aliphatic heterocycles. The van der Waals surface area contributed by atoms with E-state index in [2.05, 4.69) is 34.1 Å². The van der Waals surface area contributed by atoms with E-state index in [1.807, 2.05) is 6.92 Å². The number of furan rings is 1. The number of nitrogens with zero attached hydrogens (tertiary/aromatic N) is 1. The van der Waals surface area contributed by atoms with Gasteiger partial charge >= 0.3 is 0 Å². The molecule has 0 aliphatic carbocycles. The van der Waals surface area contributed by atoms with Crippen LogP contribution in [0.1, 0.15) is 17.1 Å². The first kappa shape index (κ1) is 13.0. The summed E-state index contributed by atoms with van der Waals surface area (Å²) in [5.74, 6) is 2.12. The van der Waals surface area contributed by atoms with Crippen LogP contribution < -0.4 is 24.0 Å². The van der Waals surface area contributed by atoms with Gasteiger partial charge in [0.2, 0.25) is 0 Å². The summed E-state index contributed by atoms with van der Waals surface area (Å²) < 4.78 is 6.48. The van der Waals surface area contributed by atoms with Gasteiger partial charge in [-0.1, -0.05) is 0 Å². The van der Waals surface area contributed by atoms with Crippen molar-refractivity contribution in [1.82, 2.24) is 0 Å². The van der Waals surface area contributed by atoms with Crippen LogP contribution >= 0.6 is 0 Å². The number of aryl methyl sites for hydroxylation is 2. The molecule has 0 radical (unpaired) electrons. The van der Waals surface area contributed by atoms with E-state index in [9.17, 15) is 0 Å². The Labute approximate surface area is 97.5 Å². The summed E-state index contributed by atoms with van der Waals surface area (Å²) in [4.78, 5) is 0. The van der Waals surface area contributed by atoms with Crippen molar-refractivity contribution in [3.63, 3.8) is 0 Å². The Kier molecular flexibility index (Phi) is 4.45. The average Bonchev–Trinajstić information content (AvgIpc) is 2.07. The van der Waals surface area contributed by atoms with Crippen LogP contribution in [-0.4, -0.2) is 25.6 Å². The molecule has 0 N–H and O–H groups in total. The molecule has 13 heavy (non-hydrogen) atoms. The smallest absolute Gasteiger partial charge is 0.158 e. The largest absolute Gasteiger partial charge is 1.00 e. The van der Waals surface area contributed by atoms with E-state index in [1.54, 1.807) is 0 Å². The lowest BCUT2D eigenvalue weighted by Gasteiger charge is -2.22. The van der Waals surface area contributed by atoms with Crippen LogP contribution in [0.3, 0.4) is 0 Å². The molecule has 76 valence electrons. The molecule has 0 aliphatic rings. The van der Waals surface area contributed by atoms with E-state index in [0.717, 1.165) is 22.5 Å². The van der Waals surface area contributed by atoms with Gasteiger partial charge in [0.25, 0.3) is 0 Å². The second-order valence-corrected chi connectivity index (χ2v) is 4.40. The van der Waals surface area contributed by atoms with Crippen LogP contribution in [-0.2, 0) is 6.54 Å². The Morgan fingerprint density at radius 2 is 1.77 bits per heavy atom. The van der Waals surface area contributed by atoms with Crippen LogP contribution in [0.2, 0.25) is 0 Å². The van der Waals surface area contributed by atoms with Crippen molar-refractivity contribution < 1.29 is 32.9 Å². The van der Waals surface area contributed by atoms with Crippen molar-refractivity contribution in [3.8, 4) is 0 Å². The van der Waals surface area contributed by atoms with Crippen molar-refractivity contribution in [2.75, 3.05) is 21.1 Å². The molecular formula is C10H18INO. The molecule has 0 spiro atoms. The summed E-state index contributed by atoms with van der Waals surface area (Å²) in [6.07, 6.45) is 0. The fourth-order valence-electron chi connectivity index (χ4n) is 1.20. The zero-order valence-corrected chi connectivity index (χ0v) is 11.2. The average molecular weight is 295 g/mol. The summed E-state index contributed by atoms with van der Waals surface area (Å²) in [6, 6.07) is 2.12. The maximum absolute atomic E-state index is 5.57. The van der Waals surface area contributed by atoms with Crippen LogP contribution in [0, 0.1) is 13.8 Å². The van der Waals surface area contributed by atoms with Gasteiger partial charge in [0.15, 0.2) is 5.76 Å². The van der Waals surface area contributed by atoms with Gasteiger partial charge in [-0.3, -0.25) is 0 Å². The van der Waals surface area contributed by atoms with Crippen molar-refractivity contribution >= 4 is 0 Å². The first-order valence-electron chi connectivity index (χ1n) is 4.25. The lowest BCUT2D eigenvalue weighted by atomic mass is 10.3. The molecule has 0 aromatic carbocycles. The molecule has 0 saturated carbocycles. The number of hydrogen-bond donors (Lipinski definition) is 0. The minimum Gasteiger partial charge on any atom is -1.00 e. The number of quaternary nitrogens is 1. The van der Waals surface area contributed by atoms with Gasteiger partial charge in [-0.15, -0.1) is 0 Å². The highest BCUT2D eigenvalue weighted by molar-refractivity contribution is 5.18. The molecule has 1 aromatic rings. The Balaban J connectivity index is 0.00000144. The first-order chi connectivity index (χ1) is 5.38. The van der Waals surface area contributed by atoms with Crippen molar-refractivity contribution in [2.24, 2.45) is 0 Å². The monoisotopic (exact) mass is 295 g/mol. The normalized spacial score (nSPS) is 11.2. The molecule has 0 bridgehead atoms. The molecule has 0 fully saturated rings. The van der Waals surface area contributed by atoms with Gasteiger partial charge < -0.3 is 32.9 Å². The second-order valence-electron chi connectivity index (χ2n) is 4.40. The minimum atomic E-state index is 0. The molecule has 0 saturated heterocycles. The first-order valence-corrected chi connectivity index (χ1v) is 4.25. The van der Waals surface area contributed by atoms with E-state index in [4.69, 9.17) is 4.42 Å². The summed E-state index contributed by atoms with van der Waals surface area (Å²) in [6.45, 7) is 5.04.